The third-order valence-corrected chi connectivity index (χ3v) is 2.56. The molecule has 0 saturated carbocycles. The van der Waals surface area contributed by atoms with Crippen LogP contribution in [0.1, 0.15) is 29.9 Å². The Morgan fingerprint density at radius 2 is 2.25 bits per heavy atom. The Labute approximate surface area is 94.3 Å². The van der Waals surface area contributed by atoms with Crippen molar-refractivity contribution in [3.05, 3.63) is 41.7 Å². The molecule has 0 spiro atoms. The van der Waals surface area contributed by atoms with E-state index >= 15 is 0 Å². The van der Waals surface area contributed by atoms with E-state index in [2.05, 4.69) is 32.4 Å². The van der Waals surface area contributed by atoms with Gasteiger partial charge in [0.2, 0.25) is 0 Å². The minimum Gasteiger partial charge on any atom is -0.305 e. The second kappa shape index (κ2) is 4.85. The molecule has 2 rings (SSSR count). The number of H-pyrrole nitrogens is 1. The minimum atomic E-state index is 0.183. The molecular formula is C11H15N5. The average Bonchev–Trinajstić information content (AvgIpc) is 2.73. The van der Waals surface area contributed by atoms with Gasteiger partial charge in [0, 0.05) is 42.4 Å². The van der Waals surface area contributed by atoms with Crippen LogP contribution in [0.5, 0.6) is 0 Å². The van der Waals surface area contributed by atoms with Gasteiger partial charge in [-0.1, -0.05) is 0 Å². The molecule has 0 aliphatic rings. The normalized spacial score (nSPS) is 12.6. The number of rotatable bonds is 4. The molecular weight excluding hydrogens is 202 g/mol. The summed E-state index contributed by atoms with van der Waals surface area (Å²) in [5.74, 6) is 0. The van der Waals surface area contributed by atoms with Crippen molar-refractivity contribution in [1.82, 2.24) is 25.5 Å². The number of hydrogen-bond acceptors (Lipinski definition) is 4. The lowest BCUT2D eigenvalue weighted by atomic mass is 10.2. The standard InChI is InChI=1S/C11H15N5/c1-8-10(6-15-16-8)5-14-9(2)11-7-12-3-4-13-11/h3-4,6-7,9,14H,5H2,1-2H3,(H,15,16). The maximum atomic E-state index is 4.25. The number of hydrogen-bond donors (Lipinski definition) is 2. The highest BCUT2D eigenvalue weighted by molar-refractivity contribution is 5.14. The predicted molar refractivity (Wildman–Crippen MR) is 60.6 cm³/mol. The topological polar surface area (TPSA) is 66.5 Å². The van der Waals surface area contributed by atoms with Gasteiger partial charge in [0.15, 0.2) is 0 Å². The van der Waals surface area contributed by atoms with Gasteiger partial charge in [0.1, 0.15) is 0 Å². The molecule has 2 aromatic rings. The quantitative estimate of drug-likeness (QED) is 0.811. The molecule has 2 aromatic heterocycles. The van der Waals surface area contributed by atoms with Crippen molar-refractivity contribution in [2.24, 2.45) is 0 Å². The van der Waals surface area contributed by atoms with Crippen LogP contribution < -0.4 is 5.32 Å². The Morgan fingerprint density at radius 1 is 1.38 bits per heavy atom. The summed E-state index contributed by atoms with van der Waals surface area (Å²) in [4.78, 5) is 8.30. The van der Waals surface area contributed by atoms with Crippen LogP contribution in [0, 0.1) is 6.92 Å². The second-order valence-electron chi connectivity index (χ2n) is 3.75. The van der Waals surface area contributed by atoms with Gasteiger partial charge in [0.05, 0.1) is 11.9 Å². The second-order valence-corrected chi connectivity index (χ2v) is 3.75. The summed E-state index contributed by atoms with van der Waals surface area (Å²) < 4.78 is 0. The van der Waals surface area contributed by atoms with E-state index < -0.39 is 0 Å². The van der Waals surface area contributed by atoms with E-state index in [-0.39, 0.29) is 6.04 Å². The molecule has 5 nitrogen and oxygen atoms in total. The Kier molecular flexibility index (Phi) is 3.26. The van der Waals surface area contributed by atoms with E-state index in [0.717, 1.165) is 17.9 Å². The molecule has 0 radical (unpaired) electrons. The number of nitrogens with zero attached hydrogens (tertiary/aromatic N) is 3. The fourth-order valence-corrected chi connectivity index (χ4v) is 1.46. The molecule has 2 N–H and O–H groups in total. The van der Waals surface area contributed by atoms with Crippen molar-refractivity contribution in [1.29, 1.82) is 0 Å². The summed E-state index contributed by atoms with van der Waals surface area (Å²) in [6, 6.07) is 0.183. The van der Waals surface area contributed by atoms with Crippen LogP contribution >= 0.6 is 0 Å². The fourth-order valence-electron chi connectivity index (χ4n) is 1.46. The molecule has 0 aliphatic heterocycles. The van der Waals surface area contributed by atoms with Crippen LogP contribution in [0.4, 0.5) is 0 Å². The lowest BCUT2D eigenvalue weighted by Gasteiger charge is -2.12. The Bertz CT molecular complexity index is 437. The van der Waals surface area contributed by atoms with Crippen molar-refractivity contribution >= 4 is 0 Å². The number of aromatic nitrogens is 4. The number of nitrogens with one attached hydrogen (secondary N) is 2. The first-order valence-corrected chi connectivity index (χ1v) is 5.25. The molecule has 0 bridgehead atoms. The van der Waals surface area contributed by atoms with E-state index in [9.17, 15) is 0 Å². The monoisotopic (exact) mass is 217 g/mol. The fraction of sp³-hybridized carbons (Fsp3) is 0.364. The third kappa shape index (κ3) is 2.43. The lowest BCUT2D eigenvalue weighted by molar-refractivity contribution is 0.558. The van der Waals surface area contributed by atoms with Crippen LogP contribution in [-0.2, 0) is 6.54 Å². The van der Waals surface area contributed by atoms with Gasteiger partial charge in [-0.2, -0.15) is 5.10 Å². The first-order valence-electron chi connectivity index (χ1n) is 5.25. The zero-order chi connectivity index (χ0) is 11.4. The van der Waals surface area contributed by atoms with E-state index in [1.54, 1.807) is 18.6 Å². The van der Waals surface area contributed by atoms with Gasteiger partial charge in [-0.25, -0.2) is 0 Å². The number of aryl methyl sites for hydroxylation is 1. The van der Waals surface area contributed by atoms with Gasteiger partial charge in [0.25, 0.3) is 0 Å². The van der Waals surface area contributed by atoms with Gasteiger partial charge in [-0.15, -0.1) is 0 Å². The molecule has 1 unspecified atom stereocenters. The molecule has 2 heterocycles. The summed E-state index contributed by atoms with van der Waals surface area (Å²) in [5, 5.41) is 10.3. The van der Waals surface area contributed by atoms with Crippen LogP contribution in [0.15, 0.2) is 24.8 Å². The smallest absolute Gasteiger partial charge is 0.0753 e. The molecule has 0 aromatic carbocycles. The van der Waals surface area contributed by atoms with Gasteiger partial charge < -0.3 is 5.32 Å². The van der Waals surface area contributed by atoms with Crippen molar-refractivity contribution < 1.29 is 0 Å². The molecule has 0 amide bonds. The maximum absolute atomic E-state index is 4.25. The van der Waals surface area contributed by atoms with E-state index in [4.69, 9.17) is 0 Å². The highest BCUT2D eigenvalue weighted by atomic mass is 15.1. The highest BCUT2D eigenvalue weighted by Crippen LogP contribution is 2.09. The molecule has 16 heavy (non-hydrogen) atoms. The summed E-state index contributed by atoms with van der Waals surface area (Å²) in [5.41, 5.74) is 3.22. The molecule has 5 heteroatoms. The largest absolute Gasteiger partial charge is 0.305 e. The highest BCUT2D eigenvalue weighted by Gasteiger charge is 2.07. The SMILES string of the molecule is Cc1[nH]ncc1CNC(C)c1cnccn1. The Hall–Kier alpha value is -1.75. The van der Waals surface area contributed by atoms with Crippen LogP contribution in [0.25, 0.3) is 0 Å². The number of aromatic amines is 1. The van der Waals surface area contributed by atoms with E-state index in [1.807, 2.05) is 13.1 Å². The minimum absolute atomic E-state index is 0.183. The molecule has 0 aliphatic carbocycles. The van der Waals surface area contributed by atoms with E-state index in [0.29, 0.717) is 0 Å². The predicted octanol–water partition coefficient (Wildman–Crippen LogP) is 1.36. The van der Waals surface area contributed by atoms with Crippen molar-refractivity contribution in [3.63, 3.8) is 0 Å². The summed E-state index contributed by atoms with van der Waals surface area (Å²) >= 11 is 0. The molecule has 0 saturated heterocycles. The van der Waals surface area contributed by atoms with Crippen molar-refractivity contribution in [2.75, 3.05) is 0 Å². The van der Waals surface area contributed by atoms with Gasteiger partial charge >= 0.3 is 0 Å². The summed E-state index contributed by atoms with van der Waals surface area (Å²) in [6.45, 7) is 4.86. The van der Waals surface area contributed by atoms with Gasteiger partial charge in [-0.05, 0) is 13.8 Å². The van der Waals surface area contributed by atoms with E-state index in [1.165, 1.54) is 5.56 Å². The molecule has 1 atom stereocenters. The van der Waals surface area contributed by atoms with Gasteiger partial charge in [-0.3, -0.25) is 15.1 Å². The zero-order valence-electron chi connectivity index (χ0n) is 9.44. The van der Waals surface area contributed by atoms with Crippen molar-refractivity contribution in [3.8, 4) is 0 Å². The maximum Gasteiger partial charge on any atom is 0.0753 e. The van der Waals surface area contributed by atoms with Crippen molar-refractivity contribution in [2.45, 2.75) is 26.4 Å². The first kappa shape index (κ1) is 10.8. The Balaban J connectivity index is 1.94. The average molecular weight is 217 g/mol. The third-order valence-electron chi connectivity index (χ3n) is 2.56. The molecule has 84 valence electrons. The van der Waals surface area contributed by atoms with Crippen LogP contribution in [-0.4, -0.2) is 20.2 Å². The Morgan fingerprint density at radius 3 is 2.88 bits per heavy atom. The van der Waals surface area contributed by atoms with Crippen LogP contribution in [0.2, 0.25) is 0 Å². The molecule has 0 fully saturated rings. The summed E-state index contributed by atoms with van der Waals surface area (Å²) in [6.07, 6.45) is 7.00. The summed E-state index contributed by atoms with van der Waals surface area (Å²) in [7, 11) is 0. The lowest BCUT2D eigenvalue weighted by Crippen LogP contribution is -2.19. The van der Waals surface area contributed by atoms with Crippen LogP contribution in [0.3, 0.4) is 0 Å². The first-order chi connectivity index (χ1) is 7.77. The zero-order valence-corrected chi connectivity index (χ0v) is 9.44.